The number of nitriles is 1. The number of hydrogen-bond donors (Lipinski definition) is 1. The quantitative estimate of drug-likeness (QED) is 0.745. The van der Waals surface area contributed by atoms with Crippen LogP contribution in [0, 0.1) is 11.3 Å². The number of amides is 1. The highest BCUT2D eigenvalue weighted by atomic mass is 16.5. The maximum Gasteiger partial charge on any atom is 0.260 e. The molecule has 1 fully saturated rings. The summed E-state index contributed by atoms with van der Waals surface area (Å²) in [5.41, 5.74) is 1.64. The fraction of sp³-hybridized carbons (Fsp3) is 0.391. The molecule has 6 nitrogen and oxygen atoms in total. The molecule has 0 aromatic heterocycles. The molecule has 1 amide bonds. The summed E-state index contributed by atoms with van der Waals surface area (Å²) < 4.78 is 11.3. The van der Waals surface area contributed by atoms with Crippen molar-refractivity contribution in [2.24, 2.45) is 0 Å². The van der Waals surface area contributed by atoms with Gasteiger partial charge in [0.05, 0.1) is 24.8 Å². The minimum absolute atomic E-state index is 0.0553. The zero-order valence-electron chi connectivity index (χ0n) is 16.9. The van der Waals surface area contributed by atoms with Gasteiger partial charge in [0, 0.05) is 12.1 Å². The molecule has 1 heterocycles. The van der Waals surface area contributed by atoms with E-state index in [0.717, 1.165) is 37.2 Å². The van der Waals surface area contributed by atoms with E-state index < -0.39 is 6.10 Å². The normalized spacial score (nSPS) is 15.9. The van der Waals surface area contributed by atoms with Crippen LogP contribution < -0.4 is 14.8 Å². The average molecular weight is 393 g/mol. The summed E-state index contributed by atoms with van der Waals surface area (Å²) in [4.78, 5) is 15.0. The van der Waals surface area contributed by atoms with E-state index in [1.165, 1.54) is 0 Å². The van der Waals surface area contributed by atoms with E-state index >= 15 is 0 Å². The summed E-state index contributed by atoms with van der Waals surface area (Å²) in [6.07, 6.45) is 1.69. The monoisotopic (exact) mass is 393 g/mol. The van der Waals surface area contributed by atoms with E-state index in [9.17, 15) is 4.79 Å². The van der Waals surface area contributed by atoms with Crippen LogP contribution in [0.5, 0.6) is 11.5 Å². The van der Waals surface area contributed by atoms with Gasteiger partial charge in [-0.15, -0.1) is 0 Å². The average Bonchev–Trinajstić information content (AvgIpc) is 3.29. The first-order valence-electron chi connectivity index (χ1n) is 9.94. The number of nitrogens with one attached hydrogen (secondary N) is 1. The van der Waals surface area contributed by atoms with E-state index in [-0.39, 0.29) is 11.9 Å². The molecule has 0 saturated carbocycles. The summed E-state index contributed by atoms with van der Waals surface area (Å²) in [7, 11) is 1.67. The van der Waals surface area contributed by atoms with Crippen molar-refractivity contribution in [3.8, 4) is 17.6 Å². The third-order valence-corrected chi connectivity index (χ3v) is 5.21. The van der Waals surface area contributed by atoms with Gasteiger partial charge in [-0.3, -0.25) is 9.69 Å². The number of nitrogens with zero attached hydrogens (tertiary/aromatic N) is 2. The van der Waals surface area contributed by atoms with Crippen molar-refractivity contribution in [1.82, 2.24) is 10.2 Å². The number of likely N-dealkylation sites (tertiary alicyclic amines) is 1. The number of methoxy groups -OCH3 is 1. The SMILES string of the molecule is COc1ccccc1C(CNC(=O)C(C)Oc1ccc(C#N)cc1)N1CCCC1. The smallest absolute Gasteiger partial charge is 0.260 e. The van der Waals surface area contributed by atoms with Gasteiger partial charge < -0.3 is 14.8 Å². The van der Waals surface area contributed by atoms with Gasteiger partial charge in [0.2, 0.25) is 0 Å². The molecule has 1 aliphatic heterocycles. The van der Waals surface area contributed by atoms with Crippen LogP contribution >= 0.6 is 0 Å². The Morgan fingerprint density at radius 1 is 1.17 bits per heavy atom. The third-order valence-electron chi connectivity index (χ3n) is 5.21. The van der Waals surface area contributed by atoms with Gasteiger partial charge in [0.1, 0.15) is 11.5 Å². The van der Waals surface area contributed by atoms with E-state index in [1.807, 2.05) is 18.2 Å². The van der Waals surface area contributed by atoms with Gasteiger partial charge in [-0.1, -0.05) is 18.2 Å². The largest absolute Gasteiger partial charge is 0.496 e. The van der Waals surface area contributed by atoms with Gasteiger partial charge in [-0.05, 0) is 63.2 Å². The van der Waals surface area contributed by atoms with Crippen LogP contribution in [0.15, 0.2) is 48.5 Å². The van der Waals surface area contributed by atoms with Gasteiger partial charge in [0.25, 0.3) is 5.91 Å². The molecule has 2 aromatic carbocycles. The number of benzene rings is 2. The molecule has 0 radical (unpaired) electrons. The maximum absolute atomic E-state index is 12.6. The zero-order valence-corrected chi connectivity index (χ0v) is 16.9. The van der Waals surface area contributed by atoms with E-state index in [0.29, 0.717) is 17.9 Å². The number of para-hydroxylation sites is 1. The van der Waals surface area contributed by atoms with Crippen molar-refractivity contribution in [3.63, 3.8) is 0 Å². The zero-order chi connectivity index (χ0) is 20.6. The van der Waals surface area contributed by atoms with Crippen LogP contribution in [0.2, 0.25) is 0 Å². The first-order valence-corrected chi connectivity index (χ1v) is 9.94. The topological polar surface area (TPSA) is 74.6 Å². The van der Waals surface area contributed by atoms with Crippen molar-refractivity contribution in [2.75, 3.05) is 26.7 Å². The molecule has 3 rings (SSSR count). The van der Waals surface area contributed by atoms with Gasteiger partial charge in [0.15, 0.2) is 6.10 Å². The highest BCUT2D eigenvalue weighted by Crippen LogP contribution is 2.31. The Bertz CT molecular complexity index is 854. The van der Waals surface area contributed by atoms with E-state index in [4.69, 9.17) is 14.7 Å². The molecule has 2 unspecified atom stereocenters. The second-order valence-corrected chi connectivity index (χ2v) is 7.14. The van der Waals surface area contributed by atoms with Crippen molar-refractivity contribution >= 4 is 5.91 Å². The standard InChI is InChI=1S/C23H27N3O3/c1-17(29-19-11-9-18(15-24)10-12-19)23(27)25-16-21(26-13-5-6-14-26)20-7-3-4-8-22(20)28-2/h3-4,7-12,17,21H,5-6,13-14,16H2,1-2H3,(H,25,27). The molecular formula is C23H27N3O3. The van der Waals surface area contributed by atoms with Crippen LogP contribution in [0.4, 0.5) is 0 Å². The molecule has 2 atom stereocenters. The molecule has 152 valence electrons. The predicted molar refractivity (Wildman–Crippen MR) is 111 cm³/mol. The van der Waals surface area contributed by atoms with E-state index in [1.54, 1.807) is 38.3 Å². The van der Waals surface area contributed by atoms with Gasteiger partial charge in [-0.2, -0.15) is 5.26 Å². The maximum atomic E-state index is 12.6. The number of rotatable bonds is 8. The Balaban J connectivity index is 1.65. The van der Waals surface area contributed by atoms with Crippen molar-refractivity contribution < 1.29 is 14.3 Å². The Hall–Kier alpha value is -3.04. The Morgan fingerprint density at radius 3 is 2.52 bits per heavy atom. The molecule has 0 aliphatic carbocycles. The van der Waals surface area contributed by atoms with Crippen molar-refractivity contribution in [2.45, 2.75) is 31.9 Å². The second-order valence-electron chi connectivity index (χ2n) is 7.14. The molecule has 0 bridgehead atoms. The van der Waals surface area contributed by atoms with Crippen LogP contribution in [0.1, 0.15) is 36.9 Å². The van der Waals surface area contributed by atoms with Crippen LogP contribution in [-0.2, 0) is 4.79 Å². The first kappa shape index (κ1) is 20.7. The highest BCUT2D eigenvalue weighted by molar-refractivity contribution is 5.80. The fourth-order valence-corrected chi connectivity index (χ4v) is 3.64. The lowest BCUT2D eigenvalue weighted by Gasteiger charge is -2.29. The molecule has 2 aromatic rings. The van der Waals surface area contributed by atoms with Crippen LogP contribution in [0.3, 0.4) is 0 Å². The summed E-state index contributed by atoms with van der Waals surface area (Å²) >= 11 is 0. The first-order chi connectivity index (χ1) is 14.1. The molecule has 1 N–H and O–H groups in total. The predicted octanol–water partition coefficient (Wildman–Crippen LogP) is 3.29. The molecule has 1 aliphatic rings. The Labute approximate surface area is 172 Å². The number of hydrogen-bond acceptors (Lipinski definition) is 5. The minimum atomic E-state index is -0.639. The minimum Gasteiger partial charge on any atom is -0.496 e. The summed E-state index contributed by atoms with van der Waals surface area (Å²) in [5, 5.41) is 11.9. The summed E-state index contributed by atoms with van der Waals surface area (Å²) in [6, 6.07) is 16.8. The van der Waals surface area contributed by atoms with Crippen LogP contribution in [-0.4, -0.2) is 43.7 Å². The van der Waals surface area contributed by atoms with Gasteiger partial charge in [-0.25, -0.2) is 0 Å². The molecule has 29 heavy (non-hydrogen) atoms. The lowest BCUT2D eigenvalue weighted by Crippen LogP contribution is -2.42. The molecule has 1 saturated heterocycles. The number of ether oxygens (including phenoxy) is 2. The van der Waals surface area contributed by atoms with Crippen LogP contribution in [0.25, 0.3) is 0 Å². The highest BCUT2D eigenvalue weighted by Gasteiger charge is 2.27. The third kappa shape index (κ3) is 5.27. The van der Waals surface area contributed by atoms with Crippen molar-refractivity contribution in [1.29, 1.82) is 5.26 Å². The fourth-order valence-electron chi connectivity index (χ4n) is 3.64. The molecule has 0 spiro atoms. The lowest BCUT2D eigenvalue weighted by atomic mass is 10.0. The Kier molecular flexibility index (Phi) is 7.09. The molecule has 6 heteroatoms. The Morgan fingerprint density at radius 2 is 1.86 bits per heavy atom. The van der Waals surface area contributed by atoms with Gasteiger partial charge >= 0.3 is 0 Å². The molecular weight excluding hydrogens is 366 g/mol. The summed E-state index contributed by atoms with van der Waals surface area (Å²) in [6.45, 7) is 4.23. The number of carbonyl (C=O) groups excluding carboxylic acids is 1. The van der Waals surface area contributed by atoms with E-state index in [2.05, 4.69) is 22.4 Å². The lowest BCUT2D eigenvalue weighted by molar-refractivity contribution is -0.127. The summed E-state index contributed by atoms with van der Waals surface area (Å²) in [5.74, 6) is 1.22. The number of carbonyl (C=O) groups is 1. The second kappa shape index (κ2) is 9.94. The van der Waals surface area contributed by atoms with Crippen molar-refractivity contribution in [3.05, 3.63) is 59.7 Å².